The molecule has 162 valence electrons. The average molecular weight is 466 g/mol. The molecule has 0 fully saturated rings. The molecule has 0 bridgehead atoms. The van der Waals surface area contributed by atoms with Gasteiger partial charge >= 0.3 is 0 Å². The molecule has 0 aliphatic rings. The highest BCUT2D eigenvalue weighted by Crippen LogP contribution is 2.21. The Hall–Kier alpha value is -3.36. The number of aromatic nitrogens is 4. The van der Waals surface area contributed by atoms with Crippen LogP contribution < -0.4 is 5.32 Å². The number of nitrogens with one attached hydrogen (secondary N) is 1. The maximum Gasteiger partial charge on any atom is 0.234 e. The smallest absolute Gasteiger partial charge is 0.234 e. The van der Waals surface area contributed by atoms with E-state index >= 15 is 0 Å². The van der Waals surface area contributed by atoms with Crippen LogP contribution in [-0.4, -0.2) is 37.0 Å². The van der Waals surface area contributed by atoms with Crippen LogP contribution in [0.5, 0.6) is 0 Å². The maximum absolute atomic E-state index is 12.5. The van der Waals surface area contributed by atoms with Crippen LogP contribution in [0.2, 0.25) is 5.02 Å². The van der Waals surface area contributed by atoms with Gasteiger partial charge in [-0.15, -0.1) is 10.2 Å². The van der Waals surface area contributed by atoms with Crippen LogP contribution in [0.4, 0.5) is 5.69 Å². The summed E-state index contributed by atoms with van der Waals surface area (Å²) in [6, 6.07) is 18.3. The number of thioether (sulfide) groups is 1. The summed E-state index contributed by atoms with van der Waals surface area (Å²) in [6.07, 6.45) is 4.35. The van der Waals surface area contributed by atoms with Crippen LogP contribution in [0, 0.1) is 0 Å². The number of Topliss-reactive ketones (excluding diaryl/α,β-unsaturated/α-hetero) is 1. The third kappa shape index (κ3) is 5.27. The second-order valence-electron chi connectivity index (χ2n) is 7.05. The molecular formula is C23H20ClN5O2S. The molecular weight excluding hydrogens is 446 g/mol. The Morgan fingerprint density at radius 2 is 1.78 bits per heavy atom. The van der Waals surface area contributed by atoms with Crippen molar-refractivity contribution >= 4 is 40.7 Å². The number of anilines is 1. The molecule has 1 amide bonds. The third-order valence-electron chi connectivity index (χ3n) is 4.66. The Labute approximate surface area is 194 Å². The molecule has 0 aliphatic heterocycles. The summed E-state index contributed by atoms with van der Waals surface area (Å²) in [5, 5.41) is 12.8. The van der Waals surface area contributed by atoms with Gasteiger partial charge in [0.15, 0.2) is 11.6 Å². The van der Waals surface area contributed by atoms with E-state index in [1.54, 1.807) is 24.3 Å². The fraction of sp³-hybridized carbons (Fsp3) is 0.130. The van der Waals surface area contributed by atoms with Gasteiger partial charge in [-0.2, -0.15) is 0 Å². The molecule has 0 saturated heterocycles. The van der Waals surface area contributed by atoms with Crippen LogP contribution in [0.15, 0.2) is 78.2 Å². The topological polar surface area (TPSA) is 81.8 Å². The van der Waals surface area contributed by atoms with Gasteiger partial charge in [-0.3, -0.25) is 14.3 Å². The van der Waals surface area contributed by atoms with Gasteiger partial charge in [0.1, 0.15) is 0 Å². The zero-order chi connectivity index (χ0) is 22.5. The van der Waals surface area contributed by atoms with Crippen molar-refractivity contribution in [1.82, 2.24) is 19.5 Å². The zero-order valence-electron chi connectivity index (χ0n) is 17.2. The molecule has 1 N–H and O–H groups in total. The van der Waals surface area contributed by atoms with Gasteiger partial charge in [0.25, 0.3) is 0 Å². The molecule has 7 nitrogen and oxygen atoms in total. The number of nitrogens with zero attached hydrogens (tertiary/aromatic N) is 4. The lowest BCUT2D eigenvalue weighted by Gasteiger charge is -2.11. The molecule has 2 aromatic carbocycles. The Bertz CT molecular complexity index is 1240. The van der Waals surface area contributed by atoms with Crippen LogP contribution in [0.25, 0.3) is 0 Å². The molecule has 9 heteroatoms. The minimum atomic E-state index is -0.197. The minimum Gasteiger partial charge on any atom is -0.325 e. The van der Waals surface area contributed by atoms with Gasteiger partial charge in [-0.25, -0.2) is 4.68 Å². The minimum absolute atomic E-state index is 0.0523. The second kappa shape index (κ2) is 9.84. The lowest BCUT2D eigenvalue weighted by molar-refractivity contribution is -0.113. The molecule has 2 heterocycles. The highest BCUT2D eigenvalue weighted by molar-refractivity contribution is 7.99. The van der Waals surface area contributed by atoms with Crippen molar-refractivity contribution in [2.24, 2.45) is 0 Å². The van der Waals surface area contributed by atoms with Gasteiger partial charge in [0, 0.05) is 35.1 Å². The second-order valence-corrected chi connectivity index (χ2v) is 8.43. The molecule has 0 aliphatic carbocycles. The van der Waals surface area contributed by atoms with Crippen molar-refractivity contribution in [3.8, 4) is 0 Å². The van der Waals surface area contributed by atoms with Crippen molar-refractivity contribution in [3.05, 3.63) is 95.0 Å². The van der Waals surface area contributed by atoms with E-state index in [4.69, 9.17) is 11.6 Å². The SMILES string of the molecule is CC(=O)c1cccc(NC(=O)CSc2nnc(Cc3ccc(Cl)cc3)n2-n2cccc2)c1. The summed E-state index contributed by atoms with van der Waals surface area (Å²) in [5.41, 5.74) is 2.18. The highest BCUT2D eigenvalue weighted by Gasteiger charge is 2.16. The summed E-state index contributed by atoms with van der Waals surface area (Å²) in [4.78, 5) is 24.1. The number of ketones is 1. The number of hydrogen-bond acceptors (Lipinski definition) is 5. The van der Waals surface area contributed by atoms with Gasteiger partial charge < -0.3 is 5.32 Å². The molecule has 0 saturated carbocycles. The molecule has 0 spiro atoms. The Kier molecular flexibility index (Phi) is 6.72. The molecule has 0 atom stereocenters. The zero-order valence-corrected chi connectivity index (χ0v) is 18.8. The number of amides is 1. The first-order valence-corrected chi connectivity index (χ1v) is 11.2. The monoisotopic (exact) mass is 465 g/mol. The van der Waals surface area contributed by atoms with Gasteiger partial charge in [0.2, 0.25) is 11.1 Å². The first kappa shape index (κ1) is 21.9. The Morgan fingerprint density at radius 3 is 2.50 bits per heavy atom. The van der Waals surface area contributed by atoms with Crippen LogP contribution in [-0.2, 0) is 11.2 Å². The van der Waals surface area contributed by atoms with Crippen molar-refractivity contribution in [2.45, 2.75) is 18.5 Å². The van der Waals surface area contributed by atoms with Crippen molar-refractivity contribution in [3.63, 3.8) is 0 Å². The average Bonchev–Trinajstić information content (AvgIpc) is 3.44. The van der Waals surface area contributed by atoms with Crippen LogP contribution in [0.1, 0.15) is 28.7 Å². The van der Waals surface area contributed by atoms with Crippen molar-refractivity contribution in [1.29, 1.82) is 0 Å². The van der Waals surface area contributed by atoms with Crippen molar-refractivity contribution < 1.29 is 9.59 Å². The van der Waals surface area contributed by atoms with E-state index in [2.05, 4.69) is 15.5 Å². The lowest BCUT2D eigenvalue weighted by Crippen LogP contribution is -2.16. The molecule has 0 radical (unpaired) electrons. The summed E-state index contributed by atoms with van der Waals surface area (Å²) in [7, 11) is 0. The van der Waals surface area contributed by atoms with Gasteiger partial charge in [0.05, 0.1) is 5.75 Å². The Morgan fingerprint density at radius 1 is 1.03 bits per heavy atom. The van der Waals surface area contributed by atoms with Crippen LogP contribution in [0.3, 0.4) is 0 Å². The standard InChI is InChI=1S/C23H20ClN5O2S/c1-16(30)18-5-4-6-20(14-18)25-22(31)15-32-23-27-26-21(29(23)28-11-2-3-12-28)13-17-7-9-19(24)10-8-17/h2-12,14H,13,15H2,1H3,(H,25,31). The molecule has 4 rings (SSSR count). The van der Waals surface area contributed by atoms with E-state index < -0.39 is 0 Å². The molecule has 2 aromatic heterocycles. The summed E-state index contributed by atoms with van der Waals surface area (Å²) in [6.45, 7) is 1.49. The van der Waals surface area contributed by atoms with E-state index in [0.717, 1.165) is 11.4 Å². The molecule has 0 unspecified atom stereocenters. The number of rotatable bonds is 8. The molecule has 4 aromatic rings. The summed E-state index contributed by atoms with van der Waals surface area (Å²) < 4.78 is 3.75. The number of carbonyl (C=O) groups is 2. The first-order valence-electron chi connectivity index (χ1n) is 9.85. The Balaban J connectivity index is 1.49. The maximum atomic E-state index is 12.5. The fourth-order valence-corrected chi connectivity index (χ4v) is 3.99. The van der Waals surface area contributed by atoms with Crippen molar-refractivity contribution in [2.75, 3.05) is 11.1 Å². The number of benzene rings is 2. The van der Waals surface area contributed by atoms with Crippen LogP contribution >= 0.6 is 23.4 Å². The highest BCUT2D eigenvalue weighted by atomic mass is 35.5. The fourth-order valence-electron chi connectivity index (χ4n) is 3.11. The predicted octanol–water partition coefficient (Wildman–Crippen LogP) is 4.57. The number of carbonyl (C=O) groups excluding carboxylic acids is 2. The largest absolute Gasteiger partial charge is 0.325 e. The van der Waals surface area contributed by atoms with Gasteiger partial charge in [-0.05, 0) is 48.9 Å². The summed E-state index contributed by atoms with van der Waals surface area (Å²) in [5.74, 6) is 0.631. The summed E-state index contributed by atoms with van der Waals surface area (Å²) >= 11 is 7.27. The number of halogens is 1. The van der Waals surface area contributed by atoms with E-state index in [0.29, 0.717) is 27.9 Å². The molecule has 32 heavy (non-hydrogen) atoms. The lowest BCUT2D eigenvalue weighted by atomic mass is 10.1. The van der Waals surface area contributed by atoms with Gasteiger partial charge in [-0.1, -0.05) is 47.6 Å². The predicted molar refractivity (Wildman–Crippen MR) is 125 cm³/mol. The normalized spacial score (nSPS) is 10.8. The third-order valence-corrected chi connectivity index (χ3v) is 5.83. The quantitative estimate of drug-likeness (QED) is 0.304. The van der Waals surface area contributed by atoms with E-state index in [1.807, 2.05) is 58.1 Å². The first-order chi connectivity index (χ1) is 15.5. The van der Waals surface area contributed by atoms with E-state index in [-0.39, 0.29) is 17.4 Å². The number of hydrogen-bond donors (Lipinski definition) is 1. The van der Waals surface area contributed by atoms with E-state index in [1.165, 1.54) is 18.7 Å². The van der Waals surface area contributed by atoms with E-state index in [9.17, 15) is 9.59 Å².